The Bertz CT molecular complexity index is 457. The number of aliphatic carboxylic acids is 1. The summed E-state index contributed by atoms with van der Waals surface area (Å²) in [6.07, 6.45) is -2.84. The molecule has 0 aromatic carbocycles. The smallest absolute Gasteiger partial charge is 0.401 e. The SMILES string of the molecule is Cc1nn(C)cc1C(C)N(CC(=O)O)CC(F)(F)F. The van der Waals surface area contributed by atoms with Gasteiger partial charge >= 0.3 is 12.1 Å². The van der Waals surface area contributed by atoms with Crippen LogP contribution in [0, 0.1) is 6.92 Å². The van der Waals surface area contributed by atoms with E-state index in [2.05, 4.69) is 5.10 Å². The predicted molar refractivity (Wildman–Crippen MR) is 61.6 cm³/mol. The largest absolute Gasteiger partial charge is 0.480 e. The van der Waals surface area contributed by atoms with Crippen LogP contribution in [-0.4, -0.2) is 45.0 Å². The van der Waals surface area contributed by atoms with Crippen LogP contribution in [-0.2, 0) is 11.8 Å². The topological polar surface area (TPSA) is 58.4 Å². The zero-order valence-corrected chi connectivity index (χ0v) is 10.9. The van der Waals surface area contributed by atoms with Gasteiger partial charge in [-0.05, 0) is 13.8 Å². The molecule has 1 N–H and O–H groups in total. The normalized spacial score (nSPS) is 13.8. The maximum Gasteiger partial charge on any atom is 0.401 e. The Hall–Kier alpha value is -1.57. The molecule has 0 saturated carbocycles. The highest BCUT2D eigenvalue weighted by molar-refractivity contribution is 5.69. The van der Waals surface area contributed by atoms with Crippen molar-refractivity contribution in [1.82, 2.24) is 14.7 Å². The van der Waals surface area contributed by atoms with Crippen LogP contribution in [0.1, 0.15) is 24.2 Å². The lowest BCUT2D eigenvalue weighted by Crippen LogP contribution is -2.39. The molecule has 1 atom stereocenters. The van der Waals surface area contributed by atoms with E-state index in [9.17, 15) is 18.0 Å². The zero-order valence-electron chi connectivity index (χ0n) is 10.9. The van der Waals surface area contributed by atoms with Gasteiger partial charge in [0, 0.05) is 24.8 Å². The second kappa shape index (κ2) is 5.60. The van der Waals surface area contributed by atoms with Crippen molar-refractivity contribution in [3.8, 4) is 0 Å². The lowest BCUT2D eigenvalue weighted by molar-refractivity contribution is -0.157. The average molecular weight is 279 g/mol. The molecule has 19 heavy (non-hydrogen) atoms. The van der Waals surface area contributed by atoms with Crippen molar-refractivity contribution in [2.24, 2.45) is 7.05 Å². The molecule has 0 saturated heterocycles. The van der Waals surface area contributed by atoms with Crippen LogP contribution in [0.2, 0.25) is 0 Å². The summed E-state index contributed by atoms with van der Waals surface area (Å²) < 4.78 is 38.9. The molecule has 8 heteroatoms. The first-order valence-electron chi connectivity index (χ1n) is 5.63. The molecule has 1 rings (SSSR count). The van der Waals surface area contributed by atoms with Gasteiger partial charge in [0.15, 0.2) is 0 Å². The standard InChI is InChI=1S/C11H16F3N3O2/c1-7-9(4-16(3)15-7)8(2)17(5-10(18)19)6-11(12,13)14/h4,8H,5-6H2,1-3H3,(H,18,19). The zero-order chi connectivity index (χ0) is 14.8. The molecule has 1 aromatic rings. The fraction of sp³-hybridized carbons (Fsp3) is 0.636. The maximum absolute atomic E-state index is 12.5. The van der Waals surface area contributed by atoms with Crippen molar-refractivity contribution in [3.63, 3.8) is 0 Å². The van der Waals surface area contributed by atoms with E-state index < -0.39 is 31.3 Å². The molecule has 0 fully saturated rings. The molecule has 0 bridgehead atoms. The maximum atomic E-state index is 12.5. The van der Waals surface area contributed by atoms with Crippen LogP contribution in [0.15, 0.2) is 6.20 Å². The Morgan fingerprint density at radius 2 is 2.16 bits per heavy atom. The van der Waals surface area contributed by atoms with Gasteiger partial charge in [0.25, 0.3) is 0 Å². The summed E-state index contributed by atoms with van der Waals surface area (Å²) in [5, 5.41) is 12.8. The van der Waals surface area contributed by atoms with E-state index in [0.717, 1.165) is 4.90 Å². The Labute approximate surface area is 108 Å². The molecular weight excluding hydrogens is 263 g/mol. The summed E-state index contributed by atoms with van der Waals surface area (Å²) in [6, 6.07) is -0.675. The highest BCUT2D eigenvalue weighted by Gasteiger charge is 2.34. The van der Waals surface area contributed by atoms with E-state index in [-0.39, 0.29) is 0 Å². The van der Waals surface area contributed by atoms with Gasteiger partial charge < -0.3 is 5.11 Å². The molecular formula is C11H16F3N3O2. The molecule has 1 unspecified atom stereocenters. The third-order valence-corrected chi connectivity index (χ3v) is 2.77. The van der Waals surface area contributed by atoms with E-state index in [1.54, 1.807) is 27.1 Å². The van der Waals surface area contributed by atoms with Crippen LogP contribution in [0.25, 0.3) is 0 Å². The van der Waals surface area contributed by atoms with Crippen LogP contribution in [0.3, 0.4) is 0 Å². The van der Waals surface area contributed by atoms with Crippen LogP contribution in [0.5, 0.6) is 0 Å². The number of hydrogen-bond donors (Lipinski definition) is 1. The van der Waals surface area contributed by atoms with Gasteiger partial charge in [-0.1, -0.05) is 0 Å². The van der Waals surface area contributed by atoms with Crippen LogP contribution < -0.4 is 0 Å². The molecule has 1 heterocycles. The van der Waals surface area contributed by atoms with Gasteiger partial charge in [0.05, 0.1) is 18.8 Å². The Balaban J connectivity index is 2.96. The van der Waals surface area contributed by atoms with E-state index in [0.29, 0.717) is 11.3 Å². The minimum atomic E-state index is -4.44. The lowest BCUT2D eigenvalue weighted by atomic mass is 10.1. The third-order valence-electron chi connectivity index (χ3n) is 2.77. The number of carbonyl (C=O) groups is 1. The number of halogens is 3. The Morgan fingerprint density at radius 1 is 1.58 bits per heavy atom. The van der Waals surface area contributed by atoms with E-state index >= 15 is 0 Å². The minimum absolute atomic E-state index is 0.590. The van der Waals surface area contributed by atoms with Crippen molar-refractivity contribution in [3.05, 3.63) is 17.5 Å². The number of nitrogens with zero attached hydrogens (tertiary/aromatic N) is 3. The lowest BCUT2D eigenvalue weighted by Gasteiger charge is -2.28. The molecule has 0 radical (unpaired) electrons. The minimum Gasteiger partial charge on any atom is -0.480 e. The number of alkyl halides is 3. The molecule has 5 nitrogen and oxygen atoms in total. The first-order valence-corrected chi connectivity index (χ1v) is 5.63. The highest BCUT2D eigenvalue weighted by atomic mass is 19.4. The van der Waals surface area contributed by atoms with Gasteiger partial charge in [-0.2, -0.15) is 18.3 Å². The van der Waals surface area contributed by atoms with Gasteiger partial charge in [-0.15, -0.1) is 0 Å². The summed E-state index contributed by atoms with van der Waals surface area (Å²) in [5.41, 5.74) is 1.18. The quantitative estimate of drug-likeness (QED) is 0.892. The van der Waals surface area contributed by atoms with Gasteiger partial charge in [0.2, 0.25) is 0 Å². The second-order valence-corrected chi connectivity index (χ2v) is 4.43. The summed E-state index contributed by atoms with van der Waals surface area (Å²) in [7, 11) is 1.66. The fourth-order valence-electron chi connectivity index (χ4n) is 1.96. The number of aromatic nitrogens is 2. The summed E-state index contributed by atoms with van der Waals surface area (Å²) in [6.45, 7) is 1.28. The molecule has 108 valence electrons. The first kappa shape index (κ1) is 15.5. The average Bonchev–Trinajstić information content (AvgIpc) is 2.53. The Morgan fingerprint density at radius 3 is 2.53 bits per heavy atom. The number of rotatable bonds is 5. The third kappa shape index (κ3) is 4.55. The van der Waals surface area contributed by atoms with E-state index in [1.807, 2.05) is 0 Å². The van der Waals surface area contributed by atoms with Crippen molar-refractivity contribution in [2.45, 2.75) is 26.1 Å². The molecule has 0 amide bonds. The molecule has 1 aromatic heterocycles. The van der Waals surface area contributed by atoms with Gasteiger partial charge in [0.1, 0.15) is 0 Å². The van der Waals surface area contributed by atoms with Crippen molar-refractivity contribution < 1.29 is 23.1 Å². The fourth-order valence-corrected chi connectivity index (χ4v) is 1.96. The van der Waals surface area contributed by atoms with Gasteiger partial charge in [-0.3, -0.25) is 14.4 Å². The number of hydrogen-bond acceptors (Lipinski definition) is 3. The van der Waals surface area contributed by atoms with E-state index in [1.165, 1.54) is 4.68 Å². The monoisotopic (exact) mass is 279 g/mol. The number of aryl methyl sites for hydroxylation is 2. The van der Waals surface area contributed by atoms with Crippen LogP contribution >= 0.6 is 0 Å². The summed E-state index contributed by atoms with van der Waals surface area (Å²) in [5.74, 6) is -1.29. The van der Waals surface area contributed by atoms with Crippen LogP contribution in [0.4, 0.5) is 13.2 Å². The molecule has 0 aliphatic heterocycles. The van der Waals surface area contributed by atoms with E-state index in [4.69, 9.17) is 5.11 Å². The summed E-state index contributed by atoms with van der Waals surface area (Å²) in [4.78, 5) is 11.6. The molecule has 0 aliphatic rings. The Kier molecular flexibility index (Phi) is 4.56. The summed E-state index contributed by atoms with van der Waals surface area (Å²) >= 11 is 0. The van der Waals surface area contributed by atoms with Crippen molar-refractivity contribution >= 4 is 5.97 Å². The van der Waals surface area contributed by atoms with Gasteiger partial charge in [-0.25, -0.2) is 0 Å². The van der Waals surface area contributed by atoms with Crippen molar-refractivity contribution in [2.75, 3.05) is 13.1 Å². The molecule has 0 aliphatic carbocycles. The second-order valence-electron chi connectivity index (χ2n) is 4.43. The first-order chi connectivity index (χ1) is 8.60. The van der Waals surface area contributed by atoms with Crippen molar-refractivity contribution in [1.29, 1.82) is 0 Å². The highest BCUT2D eigenvalue weighted by Crippen LogP contribution is 2.26. The number of carboxylic acids is 1. The number of carboxylic acid groups (broad SMARTS) is 1. The molecule has 0 spiro atoms. The predicted octanol–water partition coefficient (Wildman–Crippen LogP) is 1.74.